The molecule has 1 saturated heterocycles. The maximum atomic E-state index is 4.51. The molecule has 5 heteroatoms. The van der Waals surface area contributed by atoms with Crippen molar-refractivity contribution in [3.63, 3.8) is 0 Å². The Kier molecular flexibility index (Phi) is 1.96. The number of aliphatic imine (C=N–C) groups is 1. The second-order valence-corrected chi connectivity index (χ2v) is 5.57. The van der Waals surface area contributed by atoms with E-state index >= 15 is 0 Å². The van der Waals surface area contributed by atoms with Crippen LogP contribution in [-0.4, -0.2) is 39.7 Å². The van der Waals surface area contributed by atoms with Crippen LogP contribution in [-0.2, 0) is 0 Å². The lowest BCUT2D eigenvalue weighted by Gasteiger charge is -2.11. The second kappa shape index (κ2) is 3.50. The van der Waals surface area contributed by atoms with Crippen molar-refractivity contribution in [2.75, 3.05) is 19.6 Å². The van der Waals surface area contributed by atoms with Crippen molar-refractivity contribution in [3.05, 3.63) is 30.1 Å². The standard InChI is InChI=1S/C12H12N4S/c1-2-9-10(15-7-14-9)5-8(1)11-6-16-4-3-13-12(16)17-11/h1-2,5,7,11H,3-4,6H2,(H,14,15). The zero-order valence-corrected chi connectivity index (χ0v) is 10.1. The molecular weight excluding hydrogens is 232 g/mol. The predicted octanol–water partition coefficient (Wildman–Crippen LogP) is 2.02. The third-order valence-corrected chi connectivity index (χ3v) is 4.64. The summed E-state index contributed by atoms with van der Waals surface area (Å²) in [6.45, 7) is 3.14. The van der Waals surface area contributed by atoms with Gasteiger partial charge in [0, 0.05) is 13.1 Å². The van der Waals surface area contributed by atoms with Gasteiger partial charge in [0.25, 0.3) is 0 Å². The zero-order valence-electron chi connectivity index (χ0n) is 9.26. The lowest BCUT2D eigenvalue weighted by atomic mass is 10.1. The highest BCUT2D eigenvalue weighted by Crippen LogP contribution is 2.39. The van der Waals surface area contributed by atoms with Gasteiger partial charge >= 0.3 is 0 Å². The third-order valence-electron chi connectivity index (χ3n) is 3.34. The average Bonchev–Trinajstić information content (AvgIpc) is 3.02. The predicted molar refractivity (Wildman–Crippen MR) is 70.3 cm³/mol. The Balaban J connectivity index is 1.70. The van der Waals surface area contributed by atoms with Gasteiger partial charge in [0.15, 0.2) is 5.17 Å². The minimum absolute atomic E-state index is 0.516. The normalized spacial score (nSPS) is 23.2. The molecule has 0 radical (unpaired) electrons. The SMILES string of the molecule is c1nc2ccc(C3CN4CCN=C4S3)cc2[nH]1. The van der Waals surface area contributed by atoms with Gasteiger partial charge < -0.3 is 9.88 Å². The van der Waals surface area contributed by atoms with Crippen LogP contribution in [0.15, 0.2) is 29.5 Å². The first-order chi connectivity index (χ1) is 8.40. The number of rotatable bonds is 1. The summed E-state index contributed by atoms with van der Waals surface area (Å²) in [4.78, 5) is 14.3. The zero-order chi connectivity index (χ0) is 11.2. The van der Waals surface area contributed by atoms with Gasteiger partial charge in [0.2, 0.25) is 0 Å². The van der Waals surface area contributed by atoms with Crippen LogP contribution in [0.25, 0.3) is 11.0 Å². The molecule has 1 aromatic heterocycles. The number of benzene rings is 1. The van der Waals surface area contributed by atoms with E-state index < -0.39 is 0 Å². The van der Waals surface area contributed by atoms with Gasteiger partial charge in [-0.15, -0.1) is 0 Å². The van der Waals surface area contributed by atoms with Crippen LogP contribution in [0.1, 0.15) is 10.8 Å². The molecule has 4 rings (SSSR count). The van der Waals surface area contributed by atoms with Crippen molar-refractivity contribution in [3.8, 4) is 0 Å². The number of thioether (sulfide) groups is 1. The topological polar surface area (TPSA) is 44.3 Å². The van der Waals surface area contributed by atoms with Gasteiger partial charge in [0.1, 0.15) is 0 Å². The Morgan fingerprint density at radius 3 is 3.35 bits per heavy atom. The molecule has 0 saturated carbocycles. The molecule has 1 atom stereocenters. The molecule has 0 amide bonds. The van der Waals surface area contributed by atoms with E-state index in [9.17, 15) is 0 Å². The number of nitrogens with one attached hydrogen (secondary N) is 1. The summed E-state index contributed by atoms with van der Waals surface area (Å²) in [7, 11) is 0. The second-order valence-electron chi connectivity index (χ2n) is 4.40. The fourth-order valence-corrected chi connectivity index (χ4v) is 3.71. The summed E-state index contributed by atoms with van der Waals surface area (Å²) in [6.07, 6.45) is 1.75. The molecule has 0 aliphatic carbocycles. The van der Waals surface area contributed by atoms with Gasteiger partial charge in [-0.1, -0.05) is 17.8 Å². The van der Waals surface area contributed by atoms with E-state index in [2.05, 4.69) is 38.1 Å². The van der Waals surface area contributed by atoms with Crippen molar-refractivity contribution in [1.29, 1.82) is 0 Å². The molecule has 1 unspecified atom stereocenters. The number of H-pyrrole nitrogens is 1. The summed E-state index contributed by atoms with van der Waals surface area (Å²) in [5, 5.41) is 1.74. The van der Waals surface area contributed by atoms with E-state index in [1.807, 2.05) is 11.8 Å². The summed E-state index contributed by atoms with van der Waals surface area (Å²) in [5.74, 6) is 0. The van der Waals surface area contributed by atoms with E-state index in [0.29, 0.717) is 5.25 Å². The number of aromatic nitrogens is 2. The van der Waals surface area contributed by atoms with Gasteiger partial charge in [0.05, 0.1) is 29.2 Å². The molecule has 1 fully saturated rings. The minimum atomic E-state index is 0.516. The first-order valence-electron chi connectivity index (χ1n) is 5.79. The number of aromatic amines is 1. The number of hydrogen-bond donors (Lipinski definition) is 1. The summed E-state index contributed by atoms with van der Waals surface area (Å²) in [5.41, 5.74) is 3.52. The number of nitrogens with zero attached hydrogens (tertiary/aromatic N) is 3. The summed E-state index contributed by atoms with van der Waals surface area (Å²) in [6, 6.07) is 6.49. The van der Waals surface area contributed by atoms with Crippen LogP contribution >= 0.6 is 11.8 Å². The van der Waals surface area contributed by atoms with Crippen LogP contribution in [0.2, 0.25) is 0 Å². The smallest absolute Gasteiger partial charge is 0.160 e. The van der Waals surface area contributed by atoms with Crippen molar-refractivity contribution in [1.82, 2.24) is 14.9 Å². The van der Waals surface area contributed by atoms with Crippen LogP contribution < -0.4 is 0 Å². The summed E-state index contributed by atoms with van der Waals surface area (Å²) < 4.78 is 0. The lowest BCUT2D eigenvalue weighted by Crippen LogP contribution is -2.21. The molecule has 4 nitrogen and oxygen atoms in total. The number of fused-ring (bicyclic) bond motifs is 2. The Morgan fingerprint density at radius 1 is 1.41 bits per heavy atom. The van der Waals surface area contributed by atoms with Crippen molar-refractivity contribution in [2.45, 2.75) is 5.25 Å². The van der Waals surface area contributed by atoms with Gasteiger partial charge in [-0.2, -0.15) is 0 Å². The lowest BCUT2D eigenvalue weighted by molar-refractivity contribution is 0.476. The van der Waals surface area contributed by atoms with Crippen molar-refractivity contribution in [2.24, 2.45) is 4.99 Å². The third kappa shape index (κ3) is 1.45. The molecule has 0 spiro atoms. The van der Waals surface area contributed by atoms with Gasteiger partial charge in [-0.05, 0) is 17.7 Å². The quantitative estimate of drug-likeness (QED) is 0.834. The molecule has 2 aliphatic rings. The highest BCUT2D eigenvalue weighted by molar-refractivity contribution is 8.14. The molecule has 17 heavy (non-hydrogen) atoms. The Hall–Kier alpha value is -1.49. The molecule has 2 aromatic rings. The van der Waals surface area contributed by atoms with Crippen LogP contribution in [0, 0.1) is 0 Å². The summed E-state index contributed by atoms with van der Waals surface area (Å²) >= 11 is 1.89. The highest BCUT2D eigenvalue weighted by Gasteiger charge is 2.32. The molecule has 0 bridgehead atoms. The fourth-order valence-electron chi connectivity index (χ4n) is 2.43. The van der Waals surface area contributed by atoms with E-state index in [4.69, 9.17) is 0 Å². The highest BCUT2D eigenvalue weighted by atomic mass is 32.2. The van der Waals surface area contributed by atoms with Crippen LogP contribution in [0.5, 0.6) is 0 Å². The maximum absolute atomic E-state index is 4.51. The Bertz CT molecular complexity index is 603. The molecule has 1 N–H and O–H groups in total. The van der Waals surface area contributed by atoms with Crippen molar-refractivity contribution >= 4 is 28.0 Å². The van der Waals surface area contributed by atoms with Crippen LogP contribution in [0.4, 0.5) is 0 Å². The van der Waals surface area contributed by atoms with Gasteiger partial charge in [-0.3, -0.25) is 4.99 Å². The monoisotopic (exact) mass is 244 g/mol. The number of imidazole rings is 1. The van der Waals surface area contributed by atoms with Crippen LogP contribution in [0.3, 0.4) is 0 Å². The molecule has 86 valence electrons. The molecule has 2 aliphatic heterocycles. The van der Waals surface area contributed by atoms with E-state index in [0.717, 1.165) is 30.7 Å². The van der Waals surface area contributed by atoms with E-state index in [1.54, 1.807) is 6.33 Å². The average molecular weight is 244 g/mol. The van der Waals surface area contributed by atoms with Crippen molar-refractivity contribution < 1.29 is 0 Å². The number of hydrogen-bond acceptors (Lipinski definition) is 4. The largest absolute Gasteiger partial charge is 0.348 e. The Morgan fingerprint density at radius 2 is 2.41 bits per heavy atom. The van der Waals surface area contributed by atoms with E-state index in [-0.39, 0.29) is 0 Å². The number of amidine groups is 1. The fraction of sp³-hybridized carbons (Fsp3) is 0.333. The first-order valence-corrected chi connectivity index (χ1v) is 6.67. The Labute approximate surface area is 103 Å². The molecule has 1 aromatic carbocycles. The van der Waals surface area contributed by atoms with E-state index in [1.165, 1.54) is 10.7 Å². The maximum Gasteiger partial charge on any atom is 0.160 e. The van der Waals surface area contributed by atoms with Gasteiger partial charge in [-0.25, -0.2) is 4.98 Å². The molecular formula is C12H12N4S. The first kappa shape index (κ1) is 9.53. The minimum Gasteiger partial charge on any atom is -0.348 e. The molecule has 3 heterocycles.